The smallest absolute Gasteiger partial charge is 0.283 e. The zero-order chi connectivity index (χ0) is 18.8. The largest absolute Gasteiger partial charge is 0.459 e. The number of anilines is 1. The zero-order valence-corrected chi connectivity index (χ0v) is 14.9. The minimum absolute atomic E-state index is 0.263. The molecule has 0 saturated carbocycles. The number of amides is 1. The molecule has 0 fully saturated rings. The number of pyridine rings is 1. The van der Waals surface area contributed by atoms with Gasteiger partial charge in [-0.2, -0.15) is 0 Å². The van der Waals surface area contributed by atoms with Crippen molar-refractivity contribution in [3.05, 3.63) is 71.2 Å². The van der Waals surface area contributed by atoms with E-state index in [0.29, 0.717) is 27.6 Å². The molecule has 0 aliphatic rings. The van der Waals surface area contributed by atoms with E-state index < -0.39 is 0 Å². The topological polar surface area (TPSA) is 94.1 Å². The van der Waals surface area contributed by atoms with Gasteiger partial charge >= 0.3 is 0 Å². The van der Waals surface area contributed by atoms with E-state index in [1.54, 1.807) is 42.6 Å². The number of halogens is 1. The van der Waals surface area contributed by atoms with Gasteiger partial charge in [-0.1, -0.05) is 17.7 Å². The maximum atomic E-state index is 12.5. The number of aryl methyl sites for hydroxylation is 1. The van der Waals surface area contributed by atoms with Crippen molar-refractivity contribution in [2.24, 2.45) is 0 Å². The van der Waals surface area contributed by atoms with Gasteiger partial charge < -0.3 is 14.2 Å². The van der Waals surface area contributed by atoms with Crippen molar-refractivity contribution in [1.82, 2.24) is 15.2 Å². The predicted molar refractivity (Wildman–Crippen MR) is 99.4 cm³/mol. The molecule has 27 heavy (non-hydrogen) atoms. The Morgan fingerprint density at radius 3 is 2.78 bits per heavy atom. The molecule has 134 valence electrons. The van der Waals surface area contributed by atoms with Crippen LogP contribution in [-0.2, 0) is 0 Å². The molecule has 0 saturated heterocycles. The summed E-state index contributed by atoms with van der Waals surface area (Å²) in [6, 6.07) is 10.3. The van der Waals surface area contributed by atoms with Crippen molar-refractivity contribution < 1.29 is 13.6 Å². The van der Waals surface area contributed by atoms with Crippen LogP contribution in [-0.4, -0.2) is 21.1 Å². The molecule has 1 aromatic carbocycles. The summed E-state index contributed by atoms with van der Waals surface area (Å²) >= 11 is 5.99. The van der Waals surface area contributed by atoms with Crippen LogP contribution < -0.4 is 5.32 Å². The van der Waals surface area contributed by atoms with Gasteiger partial charge in [0.25, 0.3) is 11.8 Å². The van der Waals surface area contributed by atoms with Crippen LogP contribution in [0.1, 0.15) is 15.9 Å². The van der Waals surface area contributed by atoms with E-state index in [-0.39, 0.29) is 17.7 Å². The van der Waals surface area contributed by atoms with Crippen LogP contribution in [0.2, 0.25) is 5.02 Å². The van der Waals surface area contributed by atoms with Gasteiger partial charge in [0.15, 0.2) is 5.76 Å². The number of benzene rings is 1. The van der Waals surface area contributed by atoms with Crippen LogP contribution in [0.15, 0.2) is 63.9 Å². The predicted octanol–water partition coefficient (Wildman–Crippen LogP) is 4.61. The van der Waals surface area contributed by atoms with Crippen LogP contribution in [0.5, 0.6) is 0 Å². The number of nitrogens with one attached hydrogen (secondary N) is 1. The number of furan rings is 1. The second-order valence-electron chi connectivity index (χ2n) is 5.77. The Morgan fingerprint density at radius 2 is 1.96 bits per heavy atom. The van der Waals surface area contributed by atoms with Crippen LogP contribution in [0.3, 0.4) is 0 Å². The van der Waals surface area contributed by atoms with Crippen LogP contribution >= 0.6 is 11.6 Å². The third-order valence-electron chi connectivity index (χ3n) is 3.84. The lowest BCUT2D eigenvalue weighted by Crippen LogP contribution is -2.13. The van der Waals surface area contributed by atoms with Crippen molar-refractivity contribution in [1.29, 1.82) is 0 Å². The molecular weight excluding hydrogens is 368 g/mol. The second-order valence-corrected chi connectivity index (χ2v) is 6.20. The van der Waals surface area contributed by atoms with Crippen LogP contribution in [0.25, 0.3) is 23.1 Å². The minimum Gasteiger partial charge on any atom is -0.459 e. The Labute approximate surface area is 159 Å². The van der Waals surface area contributed by atoms with Gasteiger partial charge in [0.2, 0.25) is 5.89 Å². The highest BCUT2D eigenvalue weighted by Crippen LogP contribution is 2.25. The molecule has 0 atom stereocenters. The second kappa shape index (κ2) is 7.05. The molecule has 0 spiro atoms. The van der Waals surface area contributed by atoms with Gasteiger partial charge in [-0.25, -0.2) is 0 Å². The molecule has 3 aromatic heterocycles. The Morgan fingerprint density at radius 1 is 1.11 bits per heavy atom. The molecule has 4 rings (SSSR count). The minimum atomic E-state index is -0.282. The maximum absolute atomic E-state index is 12.5. The molecule has 3 heterocycles. The quantitative estimate of drug-likeness (QED) is 0.555. The van der Waals surface area contributed by atoms with Gasteiger partial charge in [0.05, 0.1) is 23.7 Å². The Bertz CT molecular complexity index is 1110. The van der Waals surface area contributed by atoms with Crippen molar-refractivity contribution in [3.8, 4) is 23.1 Å². The summed E-state index contributed by atoms with van der Waals surface area (Å²) < 4.78 is 10.8. The van der Waals surface area contributed by atoms with Crippen LogP contribution in [0, 0.1) is 6.92 Å². The van der Waals surface area contributed by atoms with Crippen molar-refractivity contribution in [2.45, 2.75) is 6.92 Å². The van der Waals surface area contributed by atoms with Gasteiger partial charge in [0, 0.05) is 16.8 Å². The van der Waals surface area contributed by atoms with Gasteiger partial charge in [-0.05, 0) is 42.8 Å². The summed E-state index contributed by atoms with van der Waals surface area (Å²) in [6.45, 7) is 1.84. The highest BCUT2D eigenvalue weighted by Gasteiger charge is 2.15. The third-order valence-corrected chi connectivity index (χ3v) is 4.08. The van der Waals surface area contributed by atoms with Crippen molar-refractivity contribution >= 4 is 23.2 Å². The molecule has 0 unspecified atom stereocenters. The van der Waals surface area contributed by atoms with E-state index in [1.807, 2.05) is 6.92 Å². The number of hydrogen-bond donors (Lipinski definition) is 1. The maximum Gasteiger partial charge on any atom is 0.283 e. The average Bonchev–Trinajstić information content (AvgIpc) is 3.35. The van der Waals surface area contributed by atoms with Crippen LogP contribution in [0.4, 0.5) is 5.69 Å². The average molecular weight is 381 g/mol. The Hall–Kier alpha value is -3.45. The van der Waals surface area contributed by atoms with Crippen molar-refractivity contribution in [3.63, 3.8) is 0 Å². The normalized spacial score (nSPS) is 10.7. The summed E-state index contributed by atoms with van der Waals surface area (Å²) in [5.74, 6) is 0.723. The first-order valence-electron chi connectivity index (χ1n) is 8.00. The number of nitrogens with zero attached hydrogens (tertiary/aromatic N) is 3. The highest BCUT2D eigenvalue weighted by molar-refractivity contribution is 6.31. The highest BCUT2D eigenvalue weighted by atomic mass is 35.5. The fraction of sp³-hybridized carbons (Fsp3) is 0.0526. The zero-order valence-electron chi connectivity index (χ0n) is 14.1. The van der Waals surface area contributed by atoms with E-state index in [4.69, 9.17) is 20.4 Å². The molecular formula is C19H13ClN4O3. The van der Waals surface area contributed by atoms with E-state index in [2.05, 4.69) is 20.5 Å². The van der Waals surface area contributed by atoms with Gasteiger partial charge in [0.1, 0.15) is 0 Å². The van der Waals surface area contributed by atoms with Gasteiger partial charge in [-0.15, -0.1) is 10.2 Å². The molecule has 1 amide bonds. The lowest BCUT2D eigenvalue weighted by Gasteiger charge is -2.08. The molecule has 1 N–H and O–H groups in total. The summed E-state index contributed by atoms with van der Waals surface area (Å²) in [7, 11) is 0. The number of carbonyl (C=O) groups is 1. The molecule has 8 heteroatoms. The van der Waals surface area contributed by atoms with E-state index in [1.165, 1.54) is 12.5 Å². The van der Waals surface area contributed by atoms with Gasteiger partial charge in [-0.3, -0.25) is 9.78 Å². The number of hydrogen-bond acceptors (Lipinski definition) is 6. The standard InChI is InChI=1S/C19H13ClN4O3/c1-11-4-5-13(20)8-15(11)17(25)22-14-7-12(9-21-10-14)18-23-24-19(27-18)16-3-2-6-26-16/h2-10H,1H3,(H,22,25). The first kappa shape index (κ1) is 17.0. The Balaban J connectivity index is 1.58. The van der Waals surface area contributed by atoms with Crippen molar-refractivity contribution in [2.75, 3.05) is 5.32 Å². The fourth-order valence-electron chi connectivity index (χ4n) is 2.50. The first-order valence-corrected chi connectivity index (χ1v) is 8.38. The monoisotopic (exact) mass is 380 g/mol. The van der Waals surface area contributed by atoms with E-state index in [0.717, 1.165) is 5.56 Å². The van der Waals surface area contributed by atoms with E-state index >= 15 is 0 Å². The fourth-order valence-corrected chi connectivity index (χ4v) is 2.67. The summed E-state index contributed by atoms with van der Waals surface area (Å²) in [5, 5.41) is 11.3. The lowest BCUT2D eigenvalue weighted by atomic mass is 10.1. The molecule has 0 aliphatic carbocycles. The third kappa shape index (κ3) is 3.58. The Kier molecular flexibility index (Phi) is 4.43. The van der Waals surface area contributed by atoms with E-state index in [9.17, 15) is 4.79 Å². The number of carbonyl (C=O) groups excluding carboxylic acids is 1. The molecule has 7 nitrogen and oxygen atoms in total. The molecule has 0 bridgehead atoms. The summed E-state index contributed by atoms with van der Waals surface area (Å²) in [5.41, 5.74) is 2.38. The SMILES string of the molecule is Cc1ccc(Cl)cc1C(=O)Nc1cncc(-c2nnc(-c3ccco3)o2)c1. The first-order chi connectivity index (χ1) is 13.1. The molecule has 0 radical (unpaired) electrons. The lowest BCUT2D eigenvalue weighted by molar-refractivity contribution is 0.102. The summed E-state index contributed by atoms with van der Waals surface area (Å²) in [4.78, 5) is 16.7. The molecule has 4 aromatic rings. The number of rotatable bonds is 4. The summed E-state index contributed by atoms with van der Waals surface area (Å²) in [6.07, 6.45) is 4.62. The molecule has 0 aliphatic heterocycles. The number of aromatic nitrogens is 3.